The normalized spacial score (nSPS) is 11.0. The second-order valence-corrected chi connectivity index (χ2v) is 7.07. The van der Waals surface area contributed by atoms with E-state index in [0.29, 0.717) is 0 Å². The highest BCUT2D eigenvalue weighted by Crippen LogP contribution is 2.36. The number of rotatable bonds is 3. The molecule has 0 radical (unpaired) electrons. The Bertz CT molecular complexity index is 22.8. The largest absolute Gasteiger partial charge is 0.127 e. The van der Waals surface area contributed by atoms with Gasteiger partial charge in [0.15, 0.2) is 0 Å². The van der Waals surface area contributed by atoms with Crippen molar-refractivity contribution in [2.24, 2.45) is 0 Å². The van der Waals surface area contributed by atoms with Crippen LogP contribution in [0.5, 0.6) is 0 Å². The van der Waals surface area contributed by atoms with Crippen molar-refractivity contribution in [3.05, 3.63) is 0 Å². The molecule has 0 saturated carbocycles. The third kappa shape index (κ3) is 5.51. The molecule has 6 heavy (non-hydrogen) atoms. The lowest BCUT2D eigenvalue weighted by molar-refractivity contribution is 1.11. The summed E-state index contributed by atoms with van der Waals surface area (Å²) in [6.45, 7) is 2.21. The fourth-order valence-electron chi connectivity index (χ4n) is 0.141. The van der Waals surface area contributed by atoms with Crippen LogP contribution in [0.15, 0.2) is 0 Å². The van der Waals surface area contributed by atoms with Crippen LogP contribution in [0.1, 0.15) is 13.3 Å². The SMILES string of the molecule is CCCSPI. The molecule has 0 aromatic rings. The van der Waals surface area contributed by atoms with Crippen LogP contribution < -0.4 is 0 Å². The third-order valence-corrected chi connectivity index (χ3v) is 4.82. The van der Waals surface area contributed by atoms with E-state index in [1.54, 1.807) is 0 Å². The lowest BCUT2D eigenvalue weighted by Crippen LogP contribution is -1.61. The van der Waals surface area contributed by atoms with E-state index in [0.717, 1.165) is 5.43 Å². The summed E-state index contributed by atoms with van der Waals surface area (Å²) in [4.78, 5) is 0. The Morgan fingerprint density at radius 2 is 2.50 bits per heavy atom. The zero-order valence-corrected chi connectivity index (χ0v) is 7.67. The summed E-state index contributed by atoms with van der Waals surface area (Å²) < 4.78 is 0. The molecule has 0 nitrogen and oxygen atoms in total. The predicted molar refractivity (Wildman–Crippen MR) is 45.1 cm³/mol. The highest BCUT2D eigenvalue weighted by Gasteiger charge is 1.76. The summed E-state index contributed by atoms with van der Waals surface area (Å²) in [5.41, 5.74) is 1.05. The van der Waals surface area contributed by atoms with Crippen LogP contribution in [-0.2, 0) is 0 Å². The first kappa shape index (κ1) is 7.51. The molecule has 0 aliphatic rings. The summed E-state index contributed by atoms with van der Waals surface area (Å²) in [5.74, 6) is 1.33. The predicted octanol–water partition coefficient (Wildman–Crippen LogP) is 3.07. The molecular formula is C3H8IPS. The Morgan fingerprint density at radius 1 is 1.83 bits per heavy atom. The van der Waals surface area contributed by atoms with Crippen LogP contribution in [0.2, 0.25) is 0 Å². The van der Waals surface area contributed by atoms with Crippen LogP contribution >= 0.6 is 38.8 Å². The molecular weight excluding hydrogens is 226 g/mol. The van der Waals surface area contributed by atoms with Gasteiger partial charge < -0.3 is 0 Å². The van der Waals surface area contributed by atoms with E-state index in [4.69, 9.17) is 0 Å². The molecule has 1 atom stereocenters. The second-order valence-electron chi connectivity index (χ2n) is 0.926. The van der Waals surface area contributed by atoms with Gasteiger partial charge in [0.25, 0.3) is 0 Å². The van der Waals surface area contributed by atoms with Gasteiger partial charge >= 0.3 is 0 Å². The molecule has 0 spiro atoms. The van der Waals surface area contributed by atoms with Crippen molar-refractivity contribution in [1.29, 1.82) is 0 Å². The number of halogens is 1. The number of hydrogen-bond donors (Lipinski definition) is 0. The maximum atomic E-state index is 2.40. The van der Waals surface area contributed by atoms with Crippen molar-refractivity contribution in [2.75, 3.05) is 5.75 Å². The maximum Gasteiger partial charge on any atom is 0.00407 e. The van der Waals surface area contributed by atoms with Gasteiger partial charge in [-0.2, -0.15) is 0 Å². The molecule has 0 amide bonds. The molecule has 0 saturated heterocycles. The zero-order valence-electron chi connectivity index (χ0n) is 3.70. The second kappa shape index (κ2) is 6.51. The van der Waals surface area contributed by atoms with Crippen molar-refractivity contribution in [2.45, 2.75) is 13.3 Å². The van der Waals surface area contributed by atoms with Crippen molar-refractivity contribution in [1.82, 2.24) is 0 Å². The van der Waals surface area contributed by atoms with Crippen LogP contribution in [0.4, 0.5) is 0 Å². The smallest absolute Gasteiger partial charge is 0.00407 e. The minimum Gasteiger partial charge on any atom is -0.127 e. The lowest BCUT2D eigenvalue weighted by Gasteiger charge is -1.85. The van der Waals surface area contributed by atoms with Crippen molar-refractivity contribution < 1.29 is 0 Å². The van der Waals surface area contributed by atoms with Crippen LogP contribution in [0.25, 0.3) is 0 Å². The van der Waals surface area contributed by atoms with Crippen molar-refractivity contribution in [3.63, 3.8) is 0 Å². The molecule has 0 aliphatic carbocycles. The van der Waals surface area contributed by atoms with Crippen LogP contribution in [0, 0.1) is 0 Å². The van der Waals surface area contributed by atoms with E-state index in [2.05, 4.69) is 29.0 Å². The third-order valence-electron chi connectivity index (χ3n) is 0.361. The standard InChI is InChI=1S/C3H8IPS/c1-2-3-6-5-4/h5H,2-3H2,1H3. The van der Waals surface area contributed by atoms with E-state index in [1.807, 2.05) is 11.4 Å². The minimum atomic E-state index is 1.05. The summed E-state index contributed by atoms with van der Waals surface area (Å²) in [5, 5.41) is 0. The lowest BCUT2D eigenvalue weighted by atomic mass is 10.6. The van der Waals surface area contributed by atoms with Crippen molar-refractivity contribution >= 4 is 38.8 Å². The monoisotopic (exact) mass is 234 g/mol. The summed E-state index contributed by atoms with van der Waals surface area (Å²) in [6.07, 6.45) is 1.32. The van der Waals surface area contributed by atoms with Crippen LogP contribution in [-0.4, -0.2) is 5.75 Å². The molecule has 0 aliphatic heterocycles. The van der Waals surface area contributed by atoms with E-state index in [1.165, 1.54) is 12.2 Å². The summed E-state index contributed by atoms with van der Waals surface area (Å²) >= 11 is 4.42. The first-order valence-electron chi connectivity index (χ1n) is 1.89. The molecule has 1 unspecified atom stereocenters. The molecule has 0 aromatic heterocycles. The topological polar surface area (TPSA) is 0 Å². The molecule has 0 fully saturated rings. The zero-order chi connectivity index (χ0) is 4.83. The highest BCUT2D eigenvalue weighted by atomic mass is 127. The summed E-state index contributed by atoms with van der Waals surface area (Å²) in [6, 6.07) is 0. The Hall–Kier alpha value is 1.51. The minimum absolute atomic E-state index is 1.05. The van der Waals surface area contributed by atoms with Gasteiger partial charge in [-0.05, 0) is 34.2 Å². The van der Waals surface area contributed by atoms with Gasteiger partial charge in [-0.1, -0.05) is 6.92 Å². The van der Waals surface area contributed by atoms with Gasteiger partial charge in [-0.3, -0.25) is 0 Å². The maximum absolute atomic E-state index is 2.40. The van der Waals surface area contributed by atoms with E-state index in [9.17, 15) is 0 Å². The molecule has 0 N–H and O–H groups in total. The Labute approximate surface area is 57.9 Å². The van der Waals surface area contributed by atoms with Gasteiger partial charge in [-0.25, -0.2) is 0 Å². The van der Waals surface area contributed by atoms with Gasteiger partial charge in [-0.15, -0.1) is 11.4 Å². The van der Waals surface area contributed by atoms with Crippen LogP contribution in [0.3, 0.4) is 0 Å². The van der Waals surface area contributed by atoms with Gasteiger partial charge in [0.2, 0.25) is 0 Å². The van der Waals surface area contributed by atoms with Gasteiger partial charge in [0, 0.05) is 5.43 Å². The van der Waals surface area contributed by atoms with Crippen molar-refractivity contribution in [3.8, 4) is 0 Å². The Balaban J connectivity index is 2.34. The molecule has 0 heterocycles. The Kier molecular flexibility index (Phi) is 8.15. The molecule has 0 rings (SSSR count). The molecule has 0 bridgehead atoms. The number of hydrogen-bond acceptors (Lipinski definition) is 1. The average molecular weight is 234 g/mol. The van der Waals surface area contributed by atoms with E-state index >= 15 is 0 Å². The molecule has 3 heteroatoms. The fraction of sp³-hybridized carbons (Fsp3) is 1.00. The van der Waals surface area contributed by atoms with E-state index < -0.39 is 0 Å². The van der Waals surface area contributed by atoms with Gasteiger partial charge in [0.05, 0.1) is 0 Å². The highest BCUT2D eigenvalue weighted by molar-refractivity contribution is 14.2. The first-order chi connectivity index (χ1) is 2.91. The molecule has 0 aromatic carbocycles. The van der Waals surface area contributed by atoms with Gasteiger partial charge in [0.1, 0.15) is 0 Å². The fourth-order valence-corrected chi connectivity index (χ4v) is 3.25. The average Bonchev–Trinajstić information content (AvgIpc) is 1.61. The first-order valence-corrected chi connectivity index (χ1v) is 7.71. The quantitative estimate of drug-likeness (QED) is 0.410. The Morgan fingerprint density at radius 3 is 2.67 bits per heavy atom. The van der Waals surface area contributed by atoms with E-state index in [-0.39, 0.29) is 0 Å². The molecule has 38 valence electrons. The summed E-state index contributed by atoms with van der Waals surface area (Å²) in [7, 11) is 0.